The number of thioether (sulfide) groups is 1. The molecule has 2 aromatic heterocycles. The second-order valence-electron chi connectivity index (χ2n) is 3.62. The number of unbranched alkanes of at least 4 members (excludes halogenated alkanes) is 1. The van der Waals surface area contributed by atoms with Crippen molar-refractivity contribution in [3.63, 3.8) is 0 Å². The maximum atomic E-state index is 5.83. The molecule has 16 heavy (non-hydrogen) atoms. The van der Waals surface area contributed by atoms with Crippen molar-refractivity contribution in [1.29, 1.82) is 0 Å². The van der Waals surface area contributed by atoms with E-state index in [1.165, 1.54) is 6.42 Å². The minimum absolute atomic E-state index is 0.463. The van der Waals surface area contributed by atoms with E-state index in [4.69, 9.17) is 5.73 Å². The number of anilines is 1. The van der Waals surface area contributed by atoms with Crippen molar-refractivity contribution < 1.29 is 0 Å². The first-order chi connectivity index (χ1) is 7.72. The van der Waals surface area contributed by atoms with Gasteiger partial charge < -0.3 is 10.3 Å². The van der Waals surface area contributed by atoms with Crippen molar-refractivity contribution in [2.45, 2.75) is 24.9 Å². The van der Waals surface area contributed by atoms with Crippen molar-refractivity contribution in [3.8, 4) is 0 Å². The summed E-state index contributed by atoms with van der Waals surface area (Å²) in [6, 6.07) is 0. The monoisotopic (exact) mass is 237 g/mol. The SMILES string of the molecule is CCCCSc1nc(N)c2ncn(C)c2n1. The van der Waals surface area contributed by atoms with E-state index in [1.54, 1.807) is 18.1 Å². The molecule has 0 saturated heterocycles. The third-order valence-electron chi connectivity index (χ3n) is 2.30. The van der Waals surface area contributed by atoms with Gasteiger partial charge in [-0.3, -0.25) is 0 Å². The Balaban J connectivity index is 2.29. The largest absolute Gasteiger partial charge is 0.382 e. The first-order valence-corrected chi connectivity index (χ1v) is 6.28. The van der Waals surface area contributed by atoms with Gasteiger partial charge in [-0.2, -0.15) is 0 Å². The smallest absolute Gasteiger partial charge is 0.191 e. The van der Waals surface area contributed by atoms with Crippen molar-refractivity contribution in [3.05, 3.63) is 6.33 Å². The number of rotatable bonds is 4. The molecule has 2 heterocycles. The molecule has 0 saturated carbocycles. The number of nitrogens with zero attached hydrogens (tertiary/aromatic N) is 4. The Bertz CT molecular complexity index is 493. The predicted molar refractivity (Wildman–Crippen MR) is 66.3 cm³/mol. The lowest BCUT2D eigenvalue weighted by Crippen LogP contribution is -1.98. The zero-order chi connectivity index (χ0) is 11.5. The Morgan fingerprint density at radius 1 is 1.44 bits per heavy atom. The molecule has 0 fully saturated rings. The summed E-state index contributed by atoms with van der Waals surface area (Å²) in [5.41, 5.74) is 7.31. The Morgan fingerprint density at radius 2 is 2.25 bits per heavy atom. The minimum Gasteiger partial charge on any atom is -0.382 e. The topological polar surface area (TPSA) is 69.6 Å². The maximum Gasteiger partial charge on any atom is 0.191 e. The fourth-order valence-electron chi connectivity index (χ4n) is 1.38. The van der Waals surface area contributed by atoms with Crippen LogP contribution in [0.4, 0.5) is 5.82 Å². The number of hydrogen-bond acceptors (Lipinski definition) is 5. The molecule has 0 aromatic carbocycles. The third-order valence-corrected chi connectivity index (χ3v) is 3.23. The van der Waals surface area contributed by atoms with E-state index in [2.05, 4.69) is 21.9 Å². The van der Waals surface area contributed by atoms with Crippen LogP contribution in [0.5, 0.6) is 0 Å². The van der Waals surface area contributed by atoms with Crippen LogP contribution >= 0.6 is 11.8 Å². The molecule has 0 aliphatic carbocycles. The summed E-state index contributed by atoms with van der Waals surface area (Å²) in [6.45, 7) is 2.17. The van der Waals surface area contributed by atoms with Gasteiger partial charge in [0.2, 0.25) is 0 Å². The summed E-state index contributed by atoms with van der Waals surface area (Å²) >= 11 is 1.64. The Kier molecular flexibility index (Phi) is 3.28. The standard InChI is InChI=1S/C10H15N5S/c1-3-4-5-16-10-13-8(11)7-9(14-10)15(2)6-12-7/h6H,3-5H2,1-2H3,(H2,11,13,14). The summed E-state index contributed by atoms with van der Waals surface area (Å²) in [5.74, 6) is 1.49. The molecule has 2 N–H and O–H groups in total. The maximum absolute atomic E-state index is 5.83. The number of nitrogens with two attached hydrogens (primary N) is 1. The first-order valence-electron chi connectivity index (χ1n) is 5.29. The quantitative estimate of drug-likeness (QED) is 0.499. The number of nitrogen functional groups attached to an aromatic ring is 1. The van der Waals surface area contributed by atoms with Gasteiger partial charge in [-0.15, -0.1) is 0 Å². The summed E-state index contributed by atoms with van der Waals surface area (Å²) in [7, 11) is 1.91. The fraction of sp³-hybridized carbons (Fsp3) is 0.500. The minimum atomic E-state index is 0.463. The van der Waals surface area contributed by atoms with E-state index in [-0.39, 0.29) is 0 Å². The highest BCUT2D eigenvalue weighted by molar-refractivity contribution is 7.99. The lowest BCUT2D eigenvalue weighted by Gasteiger charge is -2.02. The average Bonchev–Trinajstić information content (AvgIpc) is 2.62. The highest BCUT2D eigenvalue weighted by atomic mass is 32.2. The van der Waals surface area contributed by atoms with Crippen LogP contribution in [-0.2, 0) is 7.05 Å². The van der Waals surface area contributed by atoms with Crippen molar-refractivity contribution in [2.75, 3.05) is 11.5 Å². The number of fused-ring (bicyclic) bond motifs is 1. The van der Waals surface area contributed by atoms with Crippen LogP contribution in [0.1, 0.15) is 19.8 Å². The number of aryl methyl sites for hydroxylation is 1. The first kappa shape index (κ1) is 11.2. The zero-order valence-electron chi connectivity index (χ0n) is 9.47. The molecule has 0 amide bonds. The van der Waals surface area contributed by atoms with E-state index < -0.39 is 0 Å². The molecule has 0 bridgehead atoms. The molecule has 2 rings (SSSR count). The van der Waals surface area contributed by atoms with Gasteiger partial charge in [-0.05, 0) is 6.42 Å². The van der Waals surface area contributed by atoms with E-state index in [0.717, 1.165) is 23.0 Å². The summed E-state index contributed by atoms with van der Waals surface area (Å²) in [4.78, 5) is 12.8. The van der Waals surface area contributed by atoms with Crippen molar-refractivity contribution in [1.82, 2.24) is 19.5 Å². The van der Waals surface area contributed by atoms with Crippen molar-refractivity contribution >= 4 is 28.7 Å². The molecule has 0 aliphatic heterocycles. The summed E-state index contributed by atoms with van der Waals surface area (Å²) in [5, 5.41) is 0.738. The molecule has 0 radical (unpaired) electrons. The molecular formula is C10H15N5S. The Labute approximate surface area is 98.5 Å². The van der Waals surface area contributed by atoms with Gasteiger partial charge in [0.05, 0.1) is 6.33 Å². The zero-order valence-corrected chi connectivity index (χ0v) is 10.3. The van der Waals surface area contributed by atoms with Gasteiger partial charge in [0.25, 0.3) is 0 Å². The number of aromatic nitrogens is 4. The van der Waals surface area contributed by atoms with E-state index in [9.17, 15) is 0 Å². The molecule has 2 aromatic rings. The van der Waals surface area contributed by atoms with Crippen LogP contribution in [0.25, 0.3) is 11.2 Å². The van der Waals surface area contributed by atoms with Crippen LogP contribution in [0.3, 0.4) is 0 Å². The van der Waals surface area contributed by atoms with E-state index in [0.29, 0.717) is 11.3 Å². The molecule has 6 heteroatoms. The highest BCUT2D eigenvalue weighted by Gasteiger charge is 2.09. The molecule has 86 valence electrons. The van der Waals surface area contributed by atoms with Crippen LogP contribution in [-0.4, -0.2) is 25.3 Å². The van der Waals surface area contributed by atoms with Gasteiger partial charge in [-0.1, -0.05) is 25.1 Å². The molecule has 0 atom stereocenters. The molecule has 0 spiro atoms. The van der Waals surface area contributed by atoms with Gasteiger partial charge in [0.15, 0.2) is 16.6 Å². The second kappa shape index (κ2) is 4.69. The van der Waals surface area contributed by atoms with Gasteiger partial charge in [0, 0.05) is 12.8 Å². The summed E-state index contributed by atoms with van der Waals surface area (Å²) < 4.78 is 1.86. The number of hydrogen-bond donors (Lipinski definition) is 1. The predicted octanol–water partition coefficient (Wildman–Crippen LogP) is 1.84. The molecule has 5 nitrogen and oxygen atoms in total. The molecule has 0 aliphatic rings. The number of imidazole rings is 1. The van der Waals surface area contributed by atoms with Crippen LogP contribution < -0.4 is 5.73 Å². The molecule has 0 unspecified atom stereocenters. The highest BCUT2D eigenvalue weighted by Crippen LogP contribution is 2.21. The lowest BCUT2D eigenvalue weighted by atomic mass is 10.4. The van der Waals surface area contributed by atoms with Crippen LogP contribution in [0, 0.1) is 0 Å². The van der Waals surface area contributed by atoms with E-state index in [1.807, 2.05) is 11.6 Å². The average molecular weight is 237 g/mol. The van der Waals surface area contributed by atoms with Gasteiger partial charge in [-0.25, -0.2) is 15.0 Å². The van der Waals surface area contributed by atoms with E-state index >= 15 is 0 Å². The molecular weight excluding hydrogens is 222 g/mol. The summed E-state index contributed by atoms with van der Waals surface area (Å²) in [6.07, 6.45) is 4.05. The Morgan fingerprint density at radius 3 is 3.00 bits per heavy atom. The van der Waals surface area contributed by atoms with Crippen LogP contribution in [0.15, 0.2) is 11.5 Å². The second-order valence-corrected chi connectivity index (χ2v) is 4.68. The lowest BCUT2D eigenvalue weighted by molar-refractivity contribution is 0.883. The van der Waals surface area contributed by atoms with Crippen LogP contribution in [0.2, 0.25) is 0 Å². The van der Waals surface area contributed by atoms with Gasteiger partial charge in [0.1, 0.15) is 5.52 Å². The fourth-order valence-corrected chi connectivity index (χ4v) is 2.31. The van der Waals surface area contributed by atoms with Gasteiger partial charge >= 0.3 is 0 Å². The van der Waals surface area contributed by atoms with Crippen molar-refractivity contribution in [2.24, 2.45) is 7.05 Å². The third kappa shape index (κ3) is 2.11. The normalized spacial score (nSPS) is 11.1. The Hall–Kier alpha value is -1.30.